The standard InChI is InChI=1S/C35H43N7O3/c1-20(14-31(43)39-12-4-5-13-39)27-10-8-23-15-29(40(34(23)37-27)19-22-6-7-22)33-21(2)41-30(38-33)16-24(17-32(41)45-3)35(44)42-25-9-11-28(42)26(36)18-25/h8,10,15-17,20,22,25-26,28H,4-7,9,11-14,18-19,36H2,1-3H3/t20?,25-,26+,28+/m0/s1. The van der Waals surface area contributed by atoms with E-state index < -0.39 is 0 Å². The molecule has 2 N–H and O–H groups in total. The molecule has 1 aliphatic carbocycles. The number of aryl methyl sites for hydroxylation is 1. The minimum atomic E-state index is 0.00959. The summed E-state index contributed by atoms with van der Waals surface area (Å²) in [4.78, 5) is 41.0. The van der Waals surface area contributed by atoms with Crippen molar-refractivity contribution >= 4 is 28.5 Å². The summed E-state index contributed by atoms with van der Waals surface area (Å²) in [5, 5.41) is 1.06. The first-order valence-corrected chi connectivity index (χ1v) is 16.7. The van der Waals surface area contributed by atoms with E-state index in [-0.39, 0.29) is 35.9 Å². The lowest BCUT2D eigenvalue weighted by Crippen LogP contribution is -2.40. The van der Waals surface area contributed by atoms with Crippen molar-refractivity contribution in [1.82, 2.24) is 28.7 Å². The fraction of sp³-hybridized carbons (Fsp3) is 0.543. The topological polar surface area (TPSA) is 111 Å². The molecule has 4 atom stereocenters. The fourth-order valence-corrected chi connectivity index (χ4v) is 8.11. The van der Waals surface area contributed by atoms with Gasteiger partial charge in [0.25, 0.3) is 5.91 Å². The second kappa shape index (κ2) is 10.9. The van der Waals surface area contributed by atoms with Crippen molar-refractivity contribution in [2.75, 3.05) is 20.2 Å². The number of hydrogen-bond donors (Lipinski definition) is 1. The van der Waals surface area contributed by atoms with Crippen LogP contribution in [0.15, 0.2) is 30.3 Å². The molecule has 1 unspecified atom stereocenters. The third-order valence-corrected chi connectivity index (χ3v) is 10.8. The zero-order valence-corrected chi connectivity index (χ0v) is 26.5. The molecule has 10 nitrogen and oxygen atoms in total. The van der Waals surface area contributed by atoms with E-state index in [0.717, 1.165) is 85.5 Å². The van der Waals surface area contributed by atoms with E-state index in [4.69, 9.17) is 20.4 Å². The summed E-state index contributed by atoms with van der Waals surface area (Å²) in [7, 11) is 1.64. The van der Waals surface area contributed by atoms with E-state index in [1.807, 2.05) is 26.3 Å². The number of fused-ring (bicyclic) bond motifs is 4. The predicted octanol–water partition coefficient (Wildman–Crippen LogP) is 4.90. The molecule has 0 aromatic carbocycles. The van der Waals surface area contributed by atoms with Gasteiger partial charge in [-0.2, -0.15) is 0 Å². The van der Waals surface area contributed by atoms with Gasteiger partial charge in [0.1, 0.15) is 17.0 Å². The Balaban J connectivity index is 1.17. The molecule has 3 saturated heterocycles. The molecule has 2 amide bonds. The maximum atomic E-state index is 13.8. The second-order valence-electron chi connectivity index (χ2n) is 13.9. The first-order valence-electron chi connectivity index (χ1n) is 16.7. The lowest BCUT2D eigenvalue weighted by atomic mass is 9.97. The third-order valence-electron chi connectivity index (χ3n) is 10.8. The molecular weight excluding hydrogens is 566 g/mol. The van der Waals surface area contributed by atoms with Gasteiger partial charge in [0.2, 0.25) is 5.91 Å². The molecule has 1 saturated carbocycles. The Labute approximate surface area is 263 Å². The normalized spacial score (nSPS) is 23.5. The van der Waals surface area contributed by atoms with Gasteiger partial charge < -0.3 is 24.8 Å². The lowest BCUT2D eigenvalue weighted by Gasteiger charge is -2.23. The number of nitrogens with two attached hydrogens (primary N) is 1. The molecular formula is C35H43N7O3. The van der Waals surface area contributed by atoms with Crippen LogP contribution in [0.1, 0.15) is 86.0 Å². The minimum absolute atomic E-state index is 0.00959. The van der Waals surface area contributed by atoms with E-state index in [0.29, 0.717) is 29.4 Å². The minimum Gasteiger partial charge on any atom is -0.482 e. The van der Waals surface area contributed by atoms with Crippen LogP contribution >= 0.6 is 0 Å². The van der Waals surface area contributed by atoms with Crippen LogP contribution in [0.25, 0.3) is 28.1 Å². The van der Waals surface area contributed by atoms with E-state index in [2.05, 4.69) is 36.6 Å². The molecule has 4 aliphatic rings. The highest BCUT2D eigenvalue weighted by Crippen LogP contribution is 2.40. The second-order valence-corrected chi connectivity index (χ2v) is 13.9. The first-order chi connectivity index (χ1) is 21.8. The van der Waals surface area contributed by atoms with Gasteiger partial charge in [0.05, 0.1) is 18.5 Å². The predicted molar refractivity (Wildman–Crippen MR) is 172 cm³/mol. The molecule has 236 valence electrons. The average Bonchev–Trinajstić information content (AvgIpc) is 3.46. The van der Waals surface area contributed by atoms with Gasteiger partial charge in [-0.05, 0) is 82.1 Å². The van der Waals surface area contributed by atoms with Crippen molar-refractivity contribution in [2.45, 2.75) is 95.8 Å². The molecule has 2 bridgehead atoms. The number of carbonyl (C=O) groups is 2. The quantitative estimate of drug-likeness (QED) is 0.304. The number of methoxy groups -OCH3 is 1. The summed E-state index contributed by atoms with van der Waals surface area (Å²) < 4.78 is 10.2. The van der Waals surface area contributed by atoms with Gasteiger partial charge in [0, 0.05) is 72.8 Å². The fourth-order valence-electron chi connectivity index (χ4n) is 8.11. The van der Waals surface area contributed by atoms with Crippen molar-refractivity contribution in [3.8, 4) is 17.3 Å². The van der Waals surface area contributed by atoms with Gasteiger partial charge in [-0.1, -0.05) is 6.92 Å². The number of amides is 2. The number of carbonyl (C=O) groups excluding carboxylic acids is 2. The summed E-state index contributed by atoms with van der Waals surface area (Å²) in [6.45, 7) is 6.79. The molecule has 10 heteroatoms. The highest BCUT2D eigenvalue weighted by Gasteiger charge is 2.47. The van der Waals surface area contributed by atoms with Crippen molar-refractivity contribution in [3.05, 3.63) is 47.3 Å². The number of rotatable bonds is 8. The Morgan fingerprint density at radius 3 is 2.56 bits per heavy atom. The molecule has 0 radical (unpaired) electrons. The molecule has 4 aromatic heterocycles. The van der Waals surface area contributed by atoms with Crippen LogP contribution < -0.4 is 10.5 Å². The number of pyridine rings is 2. The maximum Gasteiger partial charge on any atom is 0.254 e. The van der Waals surface area contributed by atoms with Crippen LogP contribution in [0, 0.1) is 12.8 Å². The number of aromatic nitrogens is 4. The van der Waals surface area contributed by atoms with Gasteiger partial charge in [-0.3, -0.25) is 14.0 Å². The Hall–Kier alpha value is -3.92. The SMILES string of the molecule is COc1cc(C(=O)N2[C@H]3CC[C@@H]2[C@H](N)C3)cc2nc(-c3cc4ccc(C(C)CC(=O)N5CCCC5)nc4n3CC3CC3)c(C)n12. The Morgan fingerprint density at radius 1 is 1.07 bits per heavy atom. The molecule has 0 spiro atoms. The van der Waals surface area contributed by atoms with Crippen molar-refractivity contribution < 1.29 is 14.3 Å². The monoisotopic (exact) mass is 609 g/mol. The number of nitrogens with zero attached hydrogens (tertiary/aromatic N) is 6. The maximum absolute atomic E-state index is 13.8. The van der Waals surface area contributed by atoms with E-state index in [9.17, 15) is 9.59 Å². The van der Waals surface area contributed by atoms with Crippen LogP contribution in [-0.4, -0.2) is 78.9 Å². The van der Waals surface area contributed by atoms with Crippen LogP contribution in [0.4, 0.5) is 0 Å². The summed E-state index contributed by atoms with van der Waals surface area (Å²) in [6, 6.07) is 10.5. The zero-order chi connectivity index (χ0) is 31.0. The Bertz CT molecular complexity index is 1810. The molecule has 8 rings (SSSR count). The van der Waals surface area contributed by atoms with Crippen molar-refractivity contribution in [3.63, 3.8) is 0 Å². The van der Waals surface area contributed by atoms with Gasteiger partial charge >= 0.3 is 0 Å². The summed E-state index contributed by atoms with van der Waals surface area (Å²) in [6.07, 6.45) is 7.96. The number of ether oxygens (including phenoxy) is 1. The van der Waals surface area contributed by atoms with Crippen LogP contribution in [-0.2, 0) is 11.3 Å². The lowest BCUT2D eigenvalue weighted by molar-refractivity contribution is -0.130. The van der Waals surface area contributed by atoms with E-state index in [1.165, 1.54) is 12.8 Å². The zero-order valence-electron chi connectivity index (χ0n) is 26.5. The van der Waals surface area contributed by atoms with Gasteiger partial charge in [-0.25, -0.2) is 9.97 Å². The van der Waals surface area contributed by atoms with Crippen molar-refractivity contribution in [1.29, 1.82) is 0 Å². The average molecular weight is 610 g/mol. The van der Waals surface area contributed by atoms with Crippen LogP contribution in [0.3, 0.4) is 0 Å². The van der Waals surface area contributed by atoms with Gasteiger partial charge in [0.15, 0.2) is 5.88 Å². The molecule has 7 heterocycles. The number of hydrogen-bond acceptors (Lipinski definition) is 6. The first kappa shape index (κ1) is 28.5. The molecule has 4 aromatic rings. The Kier molecular flexibility index (Phi) is 6.89. The van der Waals surface area contributed by atoms with Gasteiger partial charge in [-0.15, -0.1) is 0 Å². The molecule has 3 aliphatic heterocycles. The van der Waals surface area contributed by atoms with Crippen LogP contribution in [0.5, 0.6) is 5.88 Å². The summed E-state index contributed by atoms with van der Waals surface area (Å²) in [5.74, 6) is 1.48. The molecule has 45 heavy (non-hydrogen) atoms. The highest BCUT2D eigenvalue weighted by molar-refractivity contribution is 5.97. The highest BCUT2D eigenvalue weighted by atomic mass is 16.5. The third kappa shape index (κ3) is 4.80. The summed E-state index contributed by atoms with van der Waals surface area (Å²) in [5.41, 5.74) is 12.3. The largest absolute Gasteiger partial charge is 0.482 e. The number of imidazole rings is 1. The summed E-state index contributed by atoms with van der Waals surface area (Å²) >= 11 is 0. The van der Waals surface area contributed by atoms with Crippen molar-refractivity contribution in [2.24, 2.45) is 11.7 Å². The smallest absolute Gasteiger partial charge is 0.254 e. The van der Waals surface area contributed by atoms with E-state index in [1.54, 1.807) is 7.11 Å². The molecule has 4 fully saturated rings. The number of likely N-dealkylation sites (tertiary alicyclic amines) is 1. The van der Waals surface area contributed by atoms with Crippen LogP contribution in [0.2, 0.25) is 0 Å². The van der Waals surface area contributed by atoms with E-state index >= 15 is 0 Å². The Morgan fingerprint density at radius 2 is 1.87 bits per heavy atom.